The van der Waals surface area contributed by atoms with Crippen LogP contribution in [0.15, 0.2) is 29.4 Å². The maximum Gasteiger partial charge on any atom is 0.329 e. The van der Waals surface area contributed by atoms with E-state index in [1.54, 1.807) is 6.21 Å². The summed E-state index contributed by atoms with van der Waals surface area (Å²) in [5.41, 5.74) is 8.74. The van der Waals surface area contributed by atoms with Gasteiger partial charge in [0, 0.05) is 35.8 Å². The van der Waals surface area contributed by atoms with Crippen molar-refractivity contribution in [3.8, 4) is 5.69 Å². The zero-order valence-corrected chi connectivity index (χ0v) is 17.4. The number of nitrogens with zero attached hydrogens (tertiary/aromatic N) is 2. The van der Waals surface area contributed by atoms with E-state index in [0.29, 0.717) is 13.2 Å². The van der Waals surface area contributed by atoms with Gasteiger partial charge in [0.15, 0.2) is 0 Å². The van der Waals surface area contributed by atoms with Crippen LogP contribution in [0, 0.1) is 27.7 Å². The summed E-state index contributed by atoms with van der Waals surface area (Å²) in [6, 6.07) is 8.35. The Morgan fingerprint density at radius 3 is 2.72 bits per heavy atom. The average molecular weight is 396 g/mol. The SMILES string of the molecule is Cc1ccc(C)c(-n2c(C)cc(/C=N\NC(=O)C(=O)NC[C@H]3CCCO3)c2C)c1. The molecule has 2 heterocycles. The van der Waals surface area contributed by atoms with Gasteiger partial charge in [0.1, 0.15) is 0 Å². The molecule has 1 fully saturated rings. The molecule has 1 aliphatic heterocycles. The van der Waals surface area contributed by atoms with Crippen molar-refractivity contribution in [3.05, 3.63) is 52.3 Å². The highest BCUT2D eigenvalue weighted by atomic mass is 16.5. The zero-order valence-electron chi connectivity index (χ0n) is 17.4. The van der Waals surface area contributed by atoms with Gasteiger partial charge >= 0.3 is 11.8 Å². The van der Waals surface area contributed by atoms with E-state index in [4.69, 9.17) is 4.74 Å². The lowest BCUT2D eigenvalue weighted by molar-refractivity contribution is -0.139. The summed E-state index contributed by atoms with van der Waals surface area (Å²) in [6.45, 7) is 9.23. The molecule has 0 unspecified atom stereocenters. The van der Waals surface area contributed by atoms with Crippen molar-refractivity contribution in [2.45, 2.75) is 46.6 Å². The fourth-order valence-corrected chi connectivity index (χ4v) is 3.55. The van der Waals surface area contributed by atoms with Crippen molar-refractivity contribution in [2.24, 2.45) is 5.10 Å². The topological polar surface area (TPSA) is 84.7 Å². The molecular weight excluding hydrogens is 368 g/mol. The third-order valence-electron chi connectivity index (χ3n) is 5.17. The highest BCUT2D eigenvalue weighted by Gasteiger charge is 2.19. The number of hydrogen-bond acceptors (Lipinski definition) is 4. The normalized spacial score (nSPS) is 16.3. The van der Waals surface area contributed by atoms with Gasteiger partial charge in [-0.1, -0.05) is 12.1 Å². The Morgan fingerprint density at radius 2 is 2.00 bits per heavy atom. The minimum Gasteiger partial charge on any atom is -0.376 e. The number of hydrazone groups is 1. The summed E-state index contributed by atoms with van der Waals surface area (Å²) in [5.74, 6) is -1.50. The standard InChI is InChI=1S/C22H28N4O3/c1-14-7-8-15(2)20(10-14)26-16(3)11-18(17(26)4)12-24-25-22(28)21(27)23-13-19-6-5-9-29-19/h7-8,10-12,19H,5-6,9,13H2,1-4H3,(H,23,27)(H,25,28)/b24-12-/t19-/m1/s1. The van der Waals surface area contributed by atoms with Crippen LogP contribution in [-0.2, 0) is 14.3 Å². The second kappa shape index (κ2) is 9.05. The first-order chi connectivity index (χ1) is 13.9. The molecule has 0 saturated carbocycles. The van der Waals surface area contributed by atoms with Crippen LogP contribution in [0.5, 0.6) is 0 Å². The van der Waals surface area contributed by atoms with E-state index in [-0.39, 0.29) is 6.10 Å². The van der Waals surface area contributed by atoms with Crippen LogP contribution in [0.1, 0.15) is 40.9 Å². The molecule has 2 aromatic rings. The van der Waals surface area contributed by atoms with Crippen molar-refractivity contribution >= 4 is 18.0 Å². The van der Waals surface area contributed by atoms with Crippen molar-refractivity contribution < 1.29 is 14.3 Å². The number of rotatable bonds is 5. The van der Waals surface area contributed by atoms with Gasteiger partial charge in [-0.3, -0.25) is 9.59 Å². The lowest BCUT2D eigenvalue weighted by Gasteiger charge is -2.13. The van der Waals surface area contributed by atoms with Gasteiger partial charge in [-0.25, -0.2) is 5.43 Å². The van der Waals surface area contributed by atoms with Crippen LogP contribution in [0.25, 0.3) is 5.69 Å². The van der Waals surface area contributed by atoms with Crippen LogP contribution in [-0.4, -0.2) is 41.9 Å². The highest BCUT2D eigenvalue weighted by molar-refractivity contribution is 6.35. The highest BCUT2D eigenvalue weighted by Crippen LogP contribution is 2.23. The predicted octanol–water partition coefficient (Wildman–Crippen LogP) is 2.46. The lowest BCUT2D eigenvalue weighted by Crippen LogP contribution is -2.41. The molecule has 2 N–H and O–H groups in total. The summed E-state index contributed by atoms with van der Waals surface area (Å²) in [5, 5.41) is 6.54. The van der Waals surface area contributed by atoms with E-state index in [0.717, 1.165) is 35.5 Å². The van der Waals surface area contributed by atoms with Crippen molar-refractivity contribution in [1.29, 1.82) is 0 Å². The van der Waals surface area contributed by atoms with Crippen molar-refractivity contribution in [1.82, 2.24) is 15.3 Å². The van der Waals surface area contributed by atoms with Gasteiger partial charge in [0.2, 0.25) is 0 Å². The number of nitrogens with one attached hydrogen (secondary N) is 2. The quantitative estimate of drug-likeness (QED) is 0.463. The summed E-state index contributed by atoms with van der Waals surface area (Å²) in [6.07, 6.45) is 3.44. The van der Waals surface area contributed by atoms with Crippen LogP contribution in [0.4, 0.5) is 0 Å². The molecule has 0 bridgehead atoms. The second-order valence-corrected chi connectivity index (χ2v) is 7.50. The maximum atomic E-state index is 11.9. The molecule has 2 amide bonds. The first-order valence-corrected chi connectivity index (χ1v) is 9.86. The fraction of sp³-hybridized carbons (Fsp3) is 0.409. The third-order valence-corrected chi connectivity index (χ3v) is 5.17. The van der Waals surface area contributed by atoms with Gasteiger partial charge in [-0.15, -0.1) is 0 Å². The minimum atomic E-state index is -0.789. The molecule has 7 nitrogen and oxygen atoms in total. The molecule has 0 aliphatic carbocycles. The number of carbonyl (C=O) groups is 2. The minimum absolute atomic E-state index is 0.00859. The molecule has 0 radical (unpaired) electrons. The van der Waals surface area contributed by atoms with Crippen molar-refractivity contribution in [2.75, 3.05) is 13.2 Å². The molecular formula is C22H28N4O3. The van der Waals surface area contributed by atoms with Gasteiger partial charge in [0.05, 0.1) is 12.3 Å². The number of aromatic nitrogens is 1. The Morgan fingerprint density at radius 1 is 1.21 bits per heavy atom. The van der Waals surface area contributed by atoms with Gasteiger partial charge in [-0.05, 0) is 63.8 Å². The average Bonchev–Trinajstić information content (AvgIpc) is 3.30. The molecule has 154 valence electrons. The number of ether oxygens (including phenoxy) is 1. The monoisotopic (exact) mass is 396 g/mol. The molecule has 1 atom stereocenters. The molecule has 29 heavy (non-hydrogen) atoms. The van der Waals surface area contributed by atoms with E-state index in [1.165, 1.54) is 11.1 Å². The predicted molar refractivity (Wildman–Crippen MR) is 112 cm³/mol. The third kappa shape index (κ3) is 4.92. The molecule has 1 saturated heterocycles. The number of hydrogen-bond donors (Lipinski definition) is 2. The number of carbonyl (C=O) groups excluding carboxylic acids is 2. The Balaban J connectivity index is 1.64. The molecule has 1 aromatic carbocycles. The first-order valence-electron chi connectivity index (χ1n) is 9.86. The van der Waals surface area contributed by atoms with E-state index < -0.39 is 11.8 Å². The second-order valence-electron chi connectivity index (χ2n) is 7.50. The Labute approximate surface area is 171 Å². The Hall–Kier alpha value is -2.93. The van der Waals surface area contributed by atoms with Crippen LogP contribution in [0.3, 0.4) is 0 Å². The van der Waals surface area contributed by atoms with Crippen LogP contribution in [0.2, 0.25) is 0 Å². The molecule has 0 spiro atoms. The number of benzene rings is 1. The number of aryl methyl sites for hydroxylation is 3. The maximum absolute atomic E-state index is 11.9. The summed E-state index contributed by atoms with van der Waals surface area (Å²) in [7, 11) is 0. The lowest BCUT2D eigenvalue weighted by atomic mass is 10.1. The molecule has 1 aromatic heterocycles. The van der Waals surface area contributed by atoms with E-state index in [2.05, 4.69) is 52.5 Å². The Bertz CT molecular complexity index is 940. The van der Waals surface area contributed by atoms with E-state index in [1.807, 2.05) is 19.9 Å². The van der Waals surface area contributed by atoms with Gasteiger partial charge in [-0.2, -0.15) is 5.10 Å². The van der Waals surface area contributed by atoms with Crippen molar-refractivity contribution in [3.63, 3.8) is 0 Å². The molecule has 3 rings (SSSR count). The summed E-state index contributed by atoms with van der Waals surface area (Å²) in [4.78, 5) is 23.8. The first kappa shape index (κ1) is 20.8. The number of amides is 2. The van der Waals surface area contributed by atoms with Gasteiger partial charge < -0.3 is 14.6 Å². The van der Waals surface area contributed by atoms with Crippen LogP contribution >= 0.6 is 0 Å². The Kier molecular flexibility index (Phi) is 6.49. The van der Waals surface area contributed by atoms with Gasteiger partial charge in [0.25, 0.3) is 0 Å². The van der Waals surface area contributed by atoms with E-state index >= 15 is 0 Å². The largest absolute Gasteiger partial charge is 0.376 e. The fourth-order valence-electron chi connectivity index (χ4n) is 3.55. The molecule has 1 aliphatic rings. The zero-order chi connectivity index (χ0) is 21.0. The van der Waals surface area contributed by atoms with Crippen LogP contribution < -0.4 is 10.7 Å². The summed E-state index contributed by atoms with van der Waals surface area (Å²) < 4.78 is 7.59. The van der Waals surface area contributed by atoms with E-state index in [9.17, 15) is 9.59 Å². The smallest absolute Gasteiger partial charge is 0.329 e. The molecule has 7 heteroatoms. The summed E-state index contributed by atoms with van der Waals surface area (Å²) >= 11 is 0.